The number of morpholine rings is 1. The number of methoxy groups -OCH3 is 1. The van der Waals surface area contributed by atoms with E-state index in [1.165, 1.54) is 6.42 Å². The molecule has 28 heavy (non-hydrogen) atoms. The van der Waals surface area contributed by atoms with Crippen molar-refractivity contribution in [2.75, 3.05) is 40.0 Å². The Morgan fingerprint density at radius 1 is 1.18 bits per heavy atom. The number of rotatable bonds is 6. The van der Waals surface area contributed by atoms with E-state index in [2.05, 4.69) is 15.5 Å². The van der Waals surface area contributed by atoms with Gasteiger partial charge in [0, 0.05) is 25.7 Å². The van der Waals surface area contributed by atoms with Gasteiger partial charge in [0.15, 0.2) is 0 Å². The molecular weight excluding hydrogens is 358 g/mol. The summed E-state index contributed by atoms with van der Waals surface area (Å²) in [6, 6.07) is 7.94. The Labute approximate surface area is 166 Å². The molecule has 2 fully saturated rings. The molecule has 0 unspecified atom stereocenters. The van der Waals surface area contributed by atoms with Crippen molar-refractivity contribution in [2.24, 2.45) is 0 Å². The minimum Gasteiger partial charge on any atom is -0.497 e. The monoisotopic (exact) mass is 389 g/mol. The zero-order valence-electron chi connectivity index (χ0n) is 16.6. The van der Waals surface area contributed by atoms with Crippen molar-refractivity contribution in [1.82, 2.24) is 15.5 Å². The summed E-state index contributed by atoms with van der Waals surface area (Å²) in [5.74, 6) is -0.317. The van der Waals surface area contributed by atoms with E-state index in [1.807, 2.05) is 24.3 Å². The summed E-state index contributed by atoms with van der Waals surface area (Å²) < 4.78 is 10.8. The van der Waals surface area contributed by atoms with Crippen molar-refractivity contribution >= 4 is 11.8 Å². The first-order valence-electron chi connectivity index (χ1n) is 10.2. The quantitative estimate of drug-likeness (QED) is 0.723. The maximum Gasteiger partial charge on any atom is 0.309 e. The van der Waals surface area contributed by atoms with Gasteiger partial charge in [-0.1, -0.05) is 31.4 Å². The highest BCUT2D eigenvalue weighted by molar-refractivity contribution is 6.35. The molecule has 2 aliphatic rings. The van der Waals surface area contributed by atoms with Crippen molar-refractivity contribution in [1.29, 1.82) is 0 Å². The average molecular weight is 389 g/mol. The molecule has 0 aromatic heterocycles. The van der Waals surface area contributed by atoms with E-state index >= 15 is 0 Å². The Morgan fingerprint density at radius 3 is 2.64 bits per heavy atom. The molecule has 1 aliphatic heterocycles. The molecule has 2 N–H and O–H groups in total. The van der Waals surface area contributed by atoms with Crippen LogP contribution in [0.15, 0.2) is 24.3 Å². The molecule has 7 heteroatoms. The van der Waals surface area contributed by atoms with Gasteiger partial charge in [0.1, 0.15) is 5.75 Å². The van der Waals surface area contributed by atoms with Crippen molar-refractivity contribution < 1.29 is 19.1 Å². The Morgan fingerprint density at radius 2 is 1.93 bits per heavy atom. The standard InChI is InChI=1S/C21H31N3O4/c1-27-18-9-5-6-16(14-18)19(24-10-12-28-13-11-24)15-22-20(25)21(26)23-17-7-3-2-4-8-17/h5-6,9,14,17,19H,2-4,7-8,10-13,15H2,1H3,(H,22,25)(H,23,26)/t19-/m0/s1. The molecule has 3 rings (SSSR count). The summed E-state index contributed by atoms with van der Waals surface area (Å²) in [6.45, 7) is 3.26. The summed E-state index contributed by atoms with van der Waals surface area (Å²) in [4.78, 5) is 26.9. The van der Waals surface area contributed by atoms with Gasteiger partial charge < -0.3 is 20.1 Å². The van der Waals surface area contributed by atoms with Crippen LogP contribution < -0.4 is 15.4 Å². The fourth-order valence-electron chi connectivity index (χ4n) is 3.96. The predicted molar refractivity (Wildman–Crippen MR) is 106 cm³/mol. The lowest BCUT2D eigenvalue weighted by molar-refractivity contribution is -0.140. The number of ether oxygens (including phenoxy) is 2. The van der Waals surface area contributed by atoms with Crippen LogP contribution in [-0.2, 0) is 14.3 Å². The number of benzene rings is 1. The number of carbonyl (C=O) groups is 2. The molecule has 1 aromatic carbocycles. The normalized spacial score (nSPS) is 19.6. The van der Waals surface area contributed by atoms with Gasteiger partial charge in [0.05, 0.1) is 26.4 Å². The van der Waals surface area contributed by atoms with E-state index < -0.39 is 11.8 Å². The van der Waals surface area contributed by atoms with Gasteiger partial charge in [-0.3, -0.25) is 14.5 Å². The molecule has 1 atom stereocenters. The first-order valence-corrected chi connectivity index (χ1v) is 10.2. The summed E-state index contributed by atoms with van der Waals surface area (Å²) in [5, 5.41) is 5.71. The molecule has 1 saturated heterocycles. The van der Waals surface area contributed by atoms with Crippen molar-refractivity contribution in [3.05, 3.63) is 29.8 Å². The summed E-state index contributed by atoms with van der Waals surface area (Å²) in [5.41, 5.74) is 1.05. The number of hydrogen-bond acceptors (Lipinski definition) is 5. The van der Waals surface area contributed by atoms with Crippen molar-refractivity contribution in [3.63, 3.8) is 0 Å². The first-order chi connectivity index (χ1) is 13.7. The Hall–Kier alpha value is -2.12. The van der Waals surface area contributed by atoms with Crippen LogP contribution in [-0.4, -0.2) is 62.7 Å². The van der Waals surface area contributed by atoms with Gasteiger partial charge >= 0.3 is 11.8 Å². The van der Waals surface area contributed by atoms with Crippen LogP contribution in [0.25, 0.3) is 0 Å². The molecule has 1 saturated carbocycles. The van der Waals surface area contributed by atoms with Gasteiger partial charge in [-0.2, -0.15) is 0 Å². The molecule has 154 valence electrons. The van der Waals surface area contributed by atoms with Crippen LogP contribution in [0.5, 0.6) is 5.75 Å². The van der Waals surface area contributed by atoms with E-state index in [-0.39, 0.29) is 12.1 Å². The zero-order valence-corrected chi connectivity index (χ0v) is 16.6. The second-order valence-electron chi connectivity index (χ2n) is 7.46. The highest BCUT2D eigenvalue weighted by Crippen LogP contribution is 2.25. The SMILES string of the molecule is COc1cccc([C@H](CNC(=O)C(=O)NC2CCCCC2)N2CCOCC2)c1. The maximum atomic E-state index is 12.4. The third-order valence-electron chi connectivity index (χ3n) is 5.57. The zero-order chi connectivity index (χ0) is 19.8. The van der Waals surface area contributed by atoms with Crippen LogP contribution in [0.4, 0.5) is 0 Å². The lowest BCUT2D eigenvalue weighted by atomic mass is 9.95. The topological polar surface area (TPSA) is 79.9 Å². The molecule has 0 radical (unpaired) electrons. The first kappa shape index (κ1) is 20.6. The lowest BCUT2D eigenvalue weighted by Crippen LogP contribution is -2.48. The highest BCUT2D eigenvalue weighted by atomic mass is 16.5. The largest absolute Gasteiger partial charge is 0.497 e. The van der Waals surface area contributed by atoms with E-state index in [0.717, 1.165) is 50.1 Å². The number of hydrogen-bond donors (Lipinski definition) is 2. The second kappa shape index (κ2) is 10.4. The lowest BCUT2D eigenvalue weighted by Gasteiger charge is -2.35. The third-order valence-corrected chi connectivity index (χ3v) is 5.57. The van der Waals surface area contributed by atoms with Gasteiger partial charge in [-0.05, 0) is 30.5 Å². The van der Waals surface area contributed by atoms with Crippen molar-refractivity contribution in [2.45, 2.75) is 44.2 Å². The average Bonchev–Trinajstić information content (AvgIpc) is 2.75. The smallest absolute Gasteiger partial charge is 0.309 e. The highest BCUT2D eigenvalue weighted by Gasteiger charge is 2.26. The molecule has 1 heterocycles. The van der Waals surface area contributed by atoms with Gasteiger partial charge in [-0.25, -0.2) is 0 Å². The summed E-state index contributed by atoms with van der Waals surface area (Å²) in [6.07, 6.45) is 5.35. The summed E-state index contributed by atoms with van der Waals surface area (Å²) >= 11 is 0. The van der Waals surface area contributed by atoms with Gasteiger partial charge in [0.2, 0.25) is 0 Å². The predicted octanol–water partition coefficient (Wildman–Crippen LogP) is 1.63. The second-order valence-corrected chi connectivity index (χ2v) is 7.46. The Balaban J connectivity index is 1.61. The summed E-state index contributed by atoms with van der Waals surface area (Å²) in [7, 11) is 1.64. The van der Waals surface area contributed by atoms with E-state index in [1.54, 1.807) is 7.11 Å². The molecule has 0 spiro atoms. The van der Waals surface area contributed by atoms with E-state index in [4.69, 9.17) is 9.47 Å². The molecule has 1 aliphatic carbocycles. The molecule has 2 amide bonds. The fourth-order valence-corrected chi connectivity index (χ4v) is 3.96. The minimum absolute atomic E-state index is 0.0366. The molecule has 7 nitrogen and oxygen atoms in total. The van der Waals surface area contributed by atoms with Crippen LogP contribution in [0.3, 0.4) is 0 Å². The van der Waals surface area contributed by atoms with Crippen LogP contribution in [0.1, 0.15) is 43.7 Å². The van der Waals surface area contributed by atoms with Gasteiger partial charge in [-0.15, -0.1) is 0 Å². The van der Waals surface area contributed by atoms with Crippen LogP contribution in [0, 0.1) is 0 Å². The molecule has 1 aromatic rings. The maximum absolute atomic E-state index is 12.4. The van der Waals surface area contributed by atoms with Crippen LogP contribution in [0.2, 0.25) is 0 Å². The number of amides is 2. The number of nitrogens with zero attached hydrogens (tertiary/aromatic N) is 1. The van der Waals surface area contributed by atoms with Gasteiger partial charge in [0.25, 0.3) is 0 Å². The fraction of sp³-hybridized carbons (Fsp3) is 0.619. The minimum atomic E-state index is -0.563. The van der Waals surface area contributed by atoms with Crippen molar-refractivity contribution in [3.8, 4) is 5.75 Å². The van der Waals surface area contributed by atoms with E-state index in [0.29, 0.717) is 19.8 Å². The van der Waals surface area contributed by atoms with Crippen LogP contribution >= 0.6 is 0 Å². The number of nitrogens with one attached hydrogen (secondary N) is 2. The Kier molecular flexibility index (Phi) is 7.68. The van der Waals surface area contributed by atoms with E-state index in [9.17, 15) is 9.59 Å². The Bertz CT molecular complexity index is 655. The third kappa shape index (κ3) is 5.69. The molecule has 0 bridgehead atoms. The molecular formula is C21H31N3O4. The number of carbonyl (C=O) groups excluding carboxylic acids is 2.